The van der Waals surface area contributed by atoms with E-state index in [1.54, 1.807) is 0 Å². The van der Waals surface area contributed by atoms with Crippen molar-refractivity contribution in [3.8, 4) is 0 Å². The van der Waals surface area contributed by atoms with Crippen molar-refractivity contribution in [1.29, 1.82) is 0 Å². The maximum atomic E-state index is 3.44. The molecule has 1 aromatic rings. The van der Waals surface area contributed by atoms with Crippen molar-refractivity contribution in [2.75, 3.05) is 11.9 Å². The van der Waals surface area contributed by atoms with Gasteiger partial charge >= 0.3 is 0 Å². The van der Waals surface area contributed by atoms with E-state index < -0.39 is 0 Å². The number of nitrogens with one attached hydrogen (secondary N) is 1. The molecule has 0 atom stereocenters. The summed E-state index contributed by atoms with van der Waals surface area (Å²) in [5.74, 6) is 0.761. The summed E-state index contributed by atoms with van der Waals surface area (Å²) >= 11 is 0. The van der Waals surface area contributed by atoms with Gasteiger partial charge in [-0.3, -0.25) is 0 Å². The Labute approximate surface area is 124 Å². The molecule has 0 aliphatic rings. The number of para-hydroxylation sites is 1. The summed E-state index contributed by atoms with van der Waals surface area (Å²) in [5, 5.41) is 3.44. The lowest BCUT2D eigenvalue weighted by Gasteiger charge is -2.07. The number of benzene rings is 1. The molecule has 0 saturated carbocycles. The largest absolute Gasteiger partial charge is 0.381 e. The van der Waals surface area contributed by atoms with E-state index in [9.17, 15) is 0 Å². The van der Waals surface area contributed by atoms with Gasteiger partial charge in [-0.25, -0.2) is 0 Å². The lowest BCUT2D eigenvalue weighted by Crippen LogP contribution is -2.02. The first kappa shape index (κ1) is 16.6. The molecule has 20 heavy (non-hydrogen) atoms. The molecule has 0 amide bonds. The number of hydrogen-bond donors (Lipinski definition) is 1. The van der Waals surface area contributed by atoms with Gasteiger partial charge in [0.2, 0.25) is 0 Å². The van der Waals surface area contributed by atoms with Crippen LogP contribution in [0.15, 0.2) is 53.6 Å². The molecule has 0 spiro atoms. The molecule has 0 radical (unpaired) electrons. The van der Waals surface area contributed by atoms with Gasteiger partial charge in [0.15, 0.2) is 0 Å². The second kappa shape index (κ2) is 9.41. The highest BCUT2D eigenvalue weighted by atomic mass is 14.9. The minimum atomic E-state index is 0.761. The van der Waals surface area contributed by atoms with E-state index in [1.807, 2.05) is 6.07 Å². The smallest absolute Gasteiger partial charge is 0.0357 e. The fourth-order valence-corrected chi connectivity index (χ4v) is 1.95. The van der Waals surface area contributed by atoms with Gasteiger partial charge in [0.25, 0.3) is 0 Å². The van der Waals surface area contributed by atoms with Crippen LogP contribution in [-0.2, 0) is 0 Å². The maximum absolute atomic E-state index is 3.44. The molecule has 0 aliphatic heterocycles. The molecule has 0 unspecified atom stereocenters. The summed E-state index contributed by atoms with van der Waals surface area (Å²) in [5.41, 5.74) is 4.11. The van der Waals surface area contributed by atoms with Crippen molar-refractivity contribution in [1.82, 2.24) is 0 Å². The second-order valence-electron chi connectivity index (χ2n) is 5.99. The lowest BCUT2D eigenvalue weighted by molar-refractivity contribution is 0.659. The van der Waals surface area contributed by atoms with E-state index in [0.717, 1.165) is 18.9 Å². The summed E-state index contributed by atoms with van der Waals surface area (Å²) in [6, 6.07) is 10.4. The number of rotatable bonds is 8. The maximum Gasteiger partial charge on any atom is 0.0357 e. The quantitative estimate of drug-likeness (QED) is 0.588. The van der Waals surface area contributed by atoms with Gasteiger partial charge in [-0.2, -0.15) is 0 Å². The first-order valence-electron chi connectivity index (χ1n) is 7.68. The van der Waals surface area contributed by atoms with Crippen molar-refractivity contribution in [2.24, 2.45) is 5.92 Å². The highest BCUT2D eigenvalue weighted by Crippen LogP contribution is 2.11. The monoisotopic (exact) mass is 271 g/mol. The predicted molar refractivity (Wildman–Crippen MR) is 91.1 cm³/mol. The van der Waals surface area contributed by atoms with Gasteiger partial charge in [-0.15, -0.1) is 0 Å². The van der Waals surface area contributed by atoms with Gasteiger partial charge < -0.3 is 5.32 Å². The molecule has 0 heterocycles. The van der Waals surface area contributed by atoms with Gasteiger partial charge in [-0.1, -0.05) is 55.3 Å². The third-order valence-electron chi connectivity index (χ3n) is 3.31. The molecule has 0 bridgehead atoms. The van der Waals surface area contributed by atoms with Crippen molar-refractivity contribution >= 4 is 5.69 Å². The van der Waals surface area contributed by atoms with Crippen LogP contribution in [0.25, 0.3) is 0 Å². The third-order valence-corrected chi connectivity index (χ3v) is 3.31. The van der Waals surface area contributed by atoms with Crippen LogP contribution in [-0.4, -0.2) is 6.54 Å². The SMILES string of the molecule is C/C(=C\CC(C)C)CC/C=C(\C)CNc1ccccc1. The molecule has 1 aromatic carbocycles. The van der Waals surface area contributed by atoms with Crippen molar-refractivity contribution in [3.05, 3.63) is 53.6 Å². The molecule has 1 nitrogen and oxygen atoms in total. The van der Waals surface area contributed by atoms with Crippen molar-refractivity contribution in [3.63, 3.8) is 0 Å². The third kappa shape index (κ3) is 7.83. The zero-order valence-electron chi connectivity index (χ0n) is 13.4. The fraction of sp³-hybridized carbons (Fsp3) is 0.474. The van der Waals surface area contributed by atoms with Crippen LogP contribution in [0.2, 0.25) is 0 Å². The molecule has 1 heteroatoms. The Kier molecular flexibility index (Phi) is 7.79. The Morgan fingerprint density at radius 2 is 1.75 bits per heavy atom. The fourth-order valence-electron chi connectivity index (χ4n) is 1.95. The molecular formula is C19H29N. The summed E-state index contributed by atoms with van der Waals surface area (Å²) in [6.45, 7) is 9.90. The Morgan fingerprint density at radius 1 is 1.05 bits per heavy atom. The minimum absolute atomic E-state index is 0.761. The molecule has 0 aromatic heterocycles. The Bertz CT molecular complexity index is 426. The highest BCUT2D eigenvalue weighted by molar-refractivity contribution is 5.43. The summed E-state index contributed by atoms with van der Waals surface area (Å²) < 4.78 is 0. The molecular weight excluding hydrogens is 242 g/mol. The van der Waals surface area contributed by atoms with E-state index in [4.69, 9.17) is 0 Å². The van der Waals surface area contributed by atoms with E-state index in [1.165, 1.54) is 29.7 Å². The Hall–Kier alpha value is -1.50. The van der Waals surface area contributed by atoms with Gasteiger partial charge in [0.05, 0.1) is 0 Å². The number of hydrogen-bond acceptors (Lipinski definition) is 1. The summed E-state index contributed by atoms with van der Waals surface area (Å²) in [4.78, 5) is 0. The van der Waals surface area contributed by atoms with Crippen LogP contribution in [0.4, 0.5) is 5.69 Å². The van der Waals surface area contributed by atoms with Crippen LogP contribution < -0.4 is 5.32 Å². The number of allylic oxidation sites excluding steroid dienone is 3. The standard InChI is InChI=1S/C19H29N/c1-16(2)13-14-17(3)9-8-10-18(4)15-20-19-11-6-5-7-12-19/h5-7,10-12,14,16,20H,8-9,13,15H2,1-4H3/b17-14+,18-10+. The zero-order chi connectivity index (χ0) is 14.8. The van der Waals surface area contributed by atoms with E-state index in [2.05, 4.69) is 69.4 Å². The number of anilines is 1. The van der Waals surface area contributed by atoms with Crippen LogP contribution in [0, 0.1) is 5.92 Å². The van der Waals surface area contributed by atoms with Gasteiger partial charge in [0.1, 0.15) is 0 Å². The first-order chi connectivity index (χ1) is 9.58. The molecule has 0 aliphatic carbocycles. The summed E-state index contributed by atoms with van der Waals surface area (Å²) in [7, 11) is 0. The highest BCUT2D eigenvalue weighted by Gasteiger charge is 1.94. The summed E-state index contributed by atoms with van der Waals surface area (Å²) in [6.07, 6.45) is 8.25. The van der Waals surface area contributed by atoms with Gasteiger partial charge in [0, 0.05) is 12.2 Å². The Balaban J connectivity index is 2.26. The van der Waals surface area contributed by atoms with Crippen LogP contribution >= 0.6 is 0 Å². The molecule has 0 fully saturated rings. The van der Waals surface area contributed by atoms with E-state index >= 15 is 0 Å². The van der Waals surface area contributed by atoms with E-state index in [0.29, 0.717) is 0 Å². The lowest BCUT2D eigenvalue weighted by atomic mass is 10.0. The average Bonchev–Trinajstić information content (AvgIpc) is 2.44. The molecule has 1 rings (SSSR count). The van der Waals surface area contributed by atoms with Crippen LogP contribution in [0.5, 0.6) is 0 Å². The van der Waals surface area contributed by atoms with Crippen LogP contribution in [0.3, 0.4) is 0 Å². The normalized spacial score (nSPS) is 12.8. The molecule has 0 saturated heterocycles. The first-order valence-corrected chi connectivity index (χ1v) is 7.68. The molecule has 1 N–H and O–H groups in total. The van der Waals surface area contributed by atoms with Crippen molar-refractivity contribution < 1.29 is 0 Å². The minimum Gasteiger partial charge on any atom is -0.381 e. The van der Waals surface area contributed by atoms with Crippen molar-refractivity contribution in [2.45, 2.75) is 47.0 Å². The van der Waals surface area contributed by atoms with Gasteiger partial charge in [-0.05, 0) is 51.2 Å². The molecule has 110 valence electrons. The predicted octanol–water partition coefficient (Wildman–Crippen LogP) is 5.82. The van der Waals surface area contributed by atoms with E-state index in [-0.39, 0.29) is 0 Å². The zero-order valence-corrected chi connectivity index (χ0v) is 13.4. The van der Waals surface area contributed by atoms with Crippen LogP contribution in [0.1, 0.15) is 47.0 Å². The topological polar surface area (TPSA) is 12.0 Å². The second-order valence-corrected chi connectivity index (χ2v) is 5.99. The average molecular weight is 271 g/mol. The Morgan fingerprint density at radius 3 is 2.40 bits per heavy atom.